The van der Waals surface area contributed by atoms with Crippen molar-refractivity contribution in [1.29, 1.82) is 0 Å². The molecule has 1 amide bonds. The number of fused-ring (bicyclic) bond motifs is 4. The van der Waals surface area contributed by atoms with Gasteiger partial charge in [-0.15, -0.1) is 22.7 Å². The highest BCUT2D eigenvalue weighted by atomic mass is 32.1. The zero-order valence-corrected chi connectivity index (χ0v) is 20.6. The van der Waals surface area contributed by atoms with E-state index < -0.39 is 18.5 Å². The molecular weight excluding hydrogens is 496 g/mol. The molecule has 0 spiro atoms. The van der Waals surface area contributed by atoms with E-state index in [-0.39, 0.29) is 0 Å². The van der Waals surface area contributed by atoms with Crippen molar-refractivity contribution in [3.63, 3.8) is 0 Å². The first-order valence-corrected chi connectivity index (χ1v) is 12.6. The average molecular weight is 515 g/mol. The van der Waals surface area contributed by atoms with E-state index in [2.05, 4.69) is 10.3 Å². The van der Waals surface area contributed by atoms with Crippen LogP contribution in [0.15, 0.2) is 77.2 Å². The molecule has 0 saturated carbocycles. The van der Waals surface area contributed by atoms with Crippen LogP contribution in [-0.2, 0) is 9.53 Å². The Labute approximate surface area is 212 Å². The summed E-state index contributed by atoms with van der Waals surface area (Å²) in [6.07, 6.45) is 0. The first kappa shape index (κ1) is 22.3. The standard InChI is InChI=1S/C27H18N2O5S2/c1-32-21-12-16-15-6-2-4-8-19(15)34-20(16)13-18(21)28-25(30)14-33-27(31)24-11-10-23(35-24)26-29-17-7-3-5-9-22(17)36-26/h2-13H,14H2,1H3,(H,28,30). The summed E-state index contributed by atoms with van der Waals surface area (Å²) in [5.74, 6) is -0.574. The Bertz CT molecular complexity index is 1730. The number of benzene rings is 3. The third-order valence-electron chi connectivity index (χ3n) is 5.62. The molecule has 0 aliphatic carbocycles. The summed E-state index contributed by atoms with van der Waals surface area (Å²) in [6, 6.07) is 22.6. The minimum absolute atomic E-state index is 0.401. The number of nitrogens with zero attached hydrogens (tertiary/aromatic N) is 1. The van der Waals surface area contributed by atoms with E-state index in [0.717, 1.165) is 36.5 Å². The Hall–Kier alpha value is -4.21. The van der Waals surface area contributed by atoms with Crippen molar-refractivity contribution < 1.29 is 23.5 Å². The summed E-state index contributed by atoms with van der Waals surface area (Å²) in [6.45, 7) is -0.436. The van der Waals surface area contributed by atoms with E-state index in [1.807, 2.05) is 60.7 Å². The van der Waals surface area contributed by atoms with Crippen molar-refractivity contribution in [3.05, 3.63) is 77.7 Å². The maximum absolute atomic E-state index is 12.6. The number of hydrogen-bond donors (Lipinski definition) is 1. The number of aromatic nitrogens is 1. The van der Waals surface area contributed by atoms with Crippen LogP contribution in [0.5, 0.6) is 5.75 Å². The molecule has 7 nitrogen and oxygen atoms in total. The van der Waals surface area contributed by atoms with Crippen LogP contribution in [0.4, 0.5) is 5.69 Å². The highest BCUT2D eigenvalue weighted by molar-refractivity contribution is 7.26. The predicted molar refractivity (Wildman–Crippen MR) is 142 cm³/mol. The molecular formula is C27H18N2O5S2. The second kappa shape index (κ2) is 9.10. The molecule has 36 heavy (non-hydrogen) atoms. The monoisotopic (exact) mass is 514 g/mol. The molecule has 0 unspecified atom stereocenters. The maximum Gasteiger partial charge on any atom is 0.348 e. The van der Waals surface area contributed by atoms with Crippen molar-refractivity contribution >= 4 is 72.4 Å². The van der Waals surface area contributed by atoms with Crippen LogP contribution in [0.3, 0.4) is 0 Å². The van der Waals surface area contributed by atoms with Crippen molar-refractivity contribution in [2.45, 2.75) is 0 Å². The third kappa shape index (κ3) is 4.08. The molecule has 6 rings (SSSR count). The molecule has 3 aromatic heterocycles. The van der Waals surface area contributed by atoms with Crippen LogP contribution >= 0.6 is 22.7 Å². The number of furan rings is 1. The molecule has 0 radical (unpaired) electrons. The molecule has 178 valence electrons. The van der Waals surface area contributed by atoms with Gasteiger partial charge >= 0.3 is 5.97 Å². The van der Waals surface area contributed by atoms with Crippen LogP contribution in [0, 0.1) is 0 Å². The van der Waals surface area contributed by atoms with Gasteiger partial charge in [0.1, 0.15) is 26.8 Å². The van der Waals surface area contributed by atoms with Crippen LogP contribution in [-0.4, -0.2) is 30.6 Å². The molecule has 0 aliphatic heterocycles. The molecule has 3 heterocycles. The van der Waals surface area contributed by atoms with Crippen molar-refractivity contribution in [2.75, 3.05) is 19.0 Å². The Kier molecular flexibility index (Phi) is 5.63. The van der Waals surface area contributed by atoms with Crippen molar-refractivity contribution in [3.8, 4) is 15.6 Å². The number of esters is 1. The predicted octanol–water partition coefficient (Wildman–Crippen LogP) is 6.73. The minimum atomic E-state index is -0.567. The number of carbonyl (C=O) groups is 2. The van der Waals surface area contributed by atoms with E-state index in [4.69, 9.17) is 13.9 Å². The fourth-order valence-corrected chi connectivity index (χ4v) is 5.87. The highest BCUT2D eigenvalue weighted by Gasteiger charge is 2.18. The molecule has 0 bridgehead atoms. The summed E-state index contributed by atoms with van der Waals surface area (Å²) in [7, 11) is 1.53. The molecule has 0 atom stereocenters. The summed E-state index contributed by atoms with van der Waals surface area (Å²) < 4.78 is 17.7. The Morgan fingerprint density at radius 3 is 2.64 bits per heavy atom. The molecule has 6 aromatic rings. The second-order valence-corrected chi connectivity index (χ2v) is 10.0. The zero-order valence-electron chi connectivity index (χ0n) is 18.9. The normalized spacial score (nSPS) is 11.2. The molecule has 0 aliphatic rings. The lowest BCUT2D eigenvalue weighted by molar-refractivity contribution is -0.119. The number of nitrogens with one attached hydrogen (secondary N) is 1. The molecule has 0 fully saturated rings. The largest absolute Gasteiger partial charge is 0.495 e. The smallest absolute Gasteiger partial charge is 0.348 e. The topological polar surface area (TPSA) is 90.7 Å². The van der Waals surface area contributed by atoms with E-state index >= 15 is 0 Å². The quantitative estimate of drug-likeness (QED) is 0.248. The number of ether oxygens (including phenoxy) is 2. The van der Waals surface area contributed by atoms with Gasteiger partial charge in [-0.1, -0.05) is 30.3 Å². The molecule has 3 aromatic carbocycles. The number of thiophene rings is 1. The second-order valence-electron chi connectivity index (χ2n) is 7.92. The average Bonchev–Trinajstić information content (AvgIpc) is 3.63. The van der Waals surface area contributed by atoms with Crippen LogP contribution < -0.4 is 10.1 Å². The van der Waals surface area contributed by atoms with Gasteiger partial charge in [0.25, 0.3) is 5.91 Å². The fourth-order valence-electron chi connectivity index (χ4n) is 3.95. The lowest BCUT2D eigenvalue weighted by Gasteiger charge is -2.10. The Morgan fingerprint density at radius 1 is 0.944 bits per heavy atom. The van der Waals surface area contributed by atoms with Crippen molar-refractivity contribution in [2.24, 2.45) is 0 Å². The van der Waals surface area contributed by atoms with E-state index in [1.54, 1.807) is 23.5 Å². The van der Waals surface area contributed by atoms with Gasteiger partial charge in [0.2, 0.25) is 0 Å². The van der Waals surface area contributed by atoms with Gasteiger partial charge < -0.3 is 19.2 Å². The number of hydrogen-bond acceptors (Lipinski definition) is 8. The zero-order chi connectivity index (χ0) is 24.6. The van der Waals surface area contributed by atoms with Gasteiger partial charge in [-0.2, -0.15) is 0 Å². The summed E-state index contributed by atoms with van der Waals surface area (Å²) >= 11 is 2.85. The Morgan fingerprint density at radius 2 is 1.78 bits per heavy atom. The SMILES string of the molecule is COc1cc2c(cc1NC(=O)COC(=O)c1ccc(-c3nc4ccccc4s3)s1)oc1ccccc12. The van der Waals surface area contributed by atoms with E-state index in [1.165, 1.54) is 18.4 Å². The van der Waals surface area contributed by atoms with Gasteiger partial charge in [0.15, 0.2) is 6.61 Å². The summed E-state index contributed by atoms with van der Waals surface area (Å²) in [5, 5.41) is 5.42. The number of para-hydroxylation sites is 2. The van der Waals surface area contributed by atoms with E-state index in [9.17, 15) is 9.59 Å². The Balaban J connectivity index is 1.14. The van der Waals surface area contributed by atoms with Gasteiger partial charge in [-0.25, -0.2) is 9.78 Å². The first-order valence-electron chi connectivity index (χ1n) is 11.0. The molecule has 1 N–H and O–H groups in total. The minimum Gasteiger partial charge on any atom is -0.495 e. The van der Waals surface area contributed by atoms with Gasteiger partial charge in [-0.3, -0.25) is 4.79 Å². The highest BCUT2D eigenvalue weighted by Crippen LogP contribution is 2.37. The van der Waals surface area contributed by atoms with Crippen molar-refractivity contribution in [1.82, 2.24) is 4.98 Å². The van der Waals surface area contributed by atoms with Crippen LogP contribution in [0.25, 0.3) is 42.0 Å². The maximum atomic E-state index is 12.6. The number of rotatable bonds is 6. The van der Waals surface area contributed by atoms with Gasteiger partial charge in [0, 0.05) is 16.8 Å². The van der Waals surface area contributed by atoms with Crippen LogP contribution in [0.1, 0.15) is 9.67 Å². The fraction of sp³-hybridized carbons (Fsp3) is 0.0741. The summed E-state index contributed by atoms with van der Waals surface area (Å²) in [5.41, 5.74) is 2.71. The molecule has 9 heteroatoms. The number of amides is 1. The number of carbonyl (C=O) groups excluding carboxylic acids is 2. The lowest BCUT2D eigenvalue weighted by atomic mass is 10.1. The number of anilines is 1. The first-order chi connectivity index (χ1) is 17.6. The lowest BCUT2D eigenvalue weighted by Crippen LogP contribution is -2.20. The van der Waals surface area contributed by atoms with Gasteiger partial charge in [0.05, 0.1) is 27.9 Å². The third-order valence-corrected chi connectivity index (χ3v) is 7.89. The number of methoxy groups -OCH3 is 1. The van der Waals surface area contributed by atoms with Gasteiger partial charge in [-0.05, 0) is 36.4 Å². The van der Waals surface area contributed by atoms with Crippen LogP contribution in [0.2, 0.25) is 0 Å². The van der Waals surface area contributed by atoms with E-state index in [0.29, 0.717) is 21.9 Å². The molecule has 0 saturated heterocycles. The summed E-state index contributed by atoms with van der Waals surface area (Å²) in [4.78, 5) is 31.0. The number of thiazole rings is 1.